The number of piperidine rings is 1. The molecule has 4 rings (SSSR count). The van der Waals surface area contributed by atoms with Crippen molar-refractivity contribution >= 4 is 5.91 Å². The van der Waals surface area contributed by atoms with E-state index in [9.17, 15) is 9.90 Å². The first-order chi connectivity index (χ1) is 14.7. The third kappa shape index (κ3) is 5.56. The molecule has 3 N–H and O–H groups in total. The van der Waals surface area contributed by atoms with Gasteiger partial charge >= 0.3 is 0 Å². The lowest BCUT2D eigenvalue weighted by atomic mass is 10.00. The molecule has 1 fully saturated rings. The molecule has 1 amide bonds. The van der Waals surface area contributed by atoms with Gasteiger partial charge in [0.15, 0.2) is 0 Å². The predicted molar refractivity (Wildman–Crippen MR) is 115 cm³/mol. The van der Waals surface area contributed by atoms with Crippen molar-refractivity contribution < 1.29 is 14.6 Å². The zero-order valence-electron chi connectivity index (χ0n) is 17.2. The quantitative estimate of drug-likeness (QED) is 0.639. The Morgan fingerprint density at radius 3 is 2.90 bits per heavy atom. The highest BCUT2D eigenvalue weighted by atomic mass is 16.5. The lowest BCUT2D eigenvalue weighted by Gasteiger charge is -2.30. The number of carbonyl (C=O) groups is 1. The Hall–Kier alpha value is -2.48. The summed E-state index contributed by atoms with van der Waals surface area (Å²) in [6, 6.07) is 11.8. The van der Waals surface area contributed by atoms with Crippen molar-refractivity contribution in [3.8, 4) is 5.88 Å². The van der Waals surface area contributed by atoms with E-state index in [1.54, 1.807) is 18.3 Å². The second-order valence-corrected chi connectivity index (χ2v) is 8.07. The molecule has 3 heterocycles. The maximum absolute atomic E-state index is 12.5. The molecule has 2 aromatic rings. The Labute approximate surface area is 177 Å². The molecule has 0 bridgehead atoms. The van der Waals surface area contributed by atoms with Crippen LogP contribution in [0.3, 0.4) is 0 Å². The number of benzene rings is 1. The highest BCUT2D eigenvalue weighted by Gasteiger charge is 2.19. The topological polar surface area (TPSA) is 86.7 Å². The van der Waals surface area contributed by atoms with E-state index in [2.05, 4.69) is 44.8 Å². The van der Waals surface area contributed by atoms with Gasteiger partial charge in [-0.15, -0.1) is 0 Å². The zero-order chi connectivity index (χ0) is 20.8. The summed E-state index contributed by atoms with van der Waals surface area (Å²) < 4.78 is 5.91. The summed E-state index contributed by atoms with van der Waals surface area (Å²) in [6.45, 7) is 4.38. The fraction of sp³-hybridized carbons (Fsp3) is 0.478. The van der Waals surface area contributed by atoms with Crippen molar-refractivity contribution in [2.75, 3.05) is 32.7 Å². The van der Waals surface area contributed by atoms with Gasteiger partial charge in [0.2, 0.25) is 5.88 Å². The molecule has 7 nitrogen and oxygen atoms in total. The van der Waals surface area contributed by atoms with Crippen molar-refractivity contribution in [2.45, 2.75) is 38.0 Å². The summed E-state index contributed by atoms with van der Waals surface area (Å²) in [5.41, 5.74) is 3.20. The van der Waals surface area contributed by atoms with Crippen molar-refractivity contribution in [3.05, 3.63) is 59.3 Å². The molecule has 0 spiro atoms. The number of carbonyl (C=O) groups excluding carboxylic acids is 1. The van der Waals surface area contributed by atoms with Crippen LogP contribution in [0.1, 0.15) is 34.3 Å². The lowest BCUT2D eigenvalue weighted by molar-refractivity contribution is 0.0841. The highest BCUT2D eigenvalue weighted by Crippen LogP contribution is 2.18. The minimum Gasteiger partial charge on any atom is -0.474 e. The molecule has 7 heteroatoms. The fourth-order valence-electron chi connectivity index (χ4n) is 4.08. The molecule has 0 unspecified atom stereocenters. The summed E-state index contributed by atoms with van der Waals surface area (Å²) in [5.74, 6) is 0.248. The maximum atomic E-state index is 12.5. The largest absolute Gasteiger partial charge is 0.474 e. The number of aliphatic hydroxyl groups is 1. The van der Waals surface area contributed by atoms with Crippen molar-refractivity contribution in [2.24, 2.45) is 0 Å². The van der Waals surface area contributed by atoms with Gasteiger partial charge in [-0.1, -0.05) is 24.3 Å². The van der Waals surface area contributed by atoms with E-state index in [-0.39, 0.29) is 18.6 Å². The normalized spacial score (nSPS) is 18.4. The van der Waals surface area contributed by atoms with Gasteiger partial charge in [0, 0.05) is 44.0 Å². The third-order valence-electron chi connectivity index (χ3n) is 5.75. The van der Waals surface area contributed by atoms with E-state index in [1.165, 1.54) is 11.1 Å². The lowest BCUT2D eigenvalue weighted by Crippen LogP contribution is -2.42. The van der Waals surface area contributed by atoms with Gasteiger partial charge in [-0.05, 0) is 49.5 Å². The SMILES string of the molecule is O=C(NC[C@H](O)CN1CCc2ccccc2C1)c1ccnc(OC2CCNCC2)c1. The number of rotatable bonds is 7. The molecule has 1 saturated heterocycles. The first-order valence-electron chi connectivity index (χ1n) is 10.8. The first kappa shape index (κ1) is 20.8. The van der Waals surface area contributed by atoms with Gasteiger partial charge in [-0.2, -0.15) is 0 Å². The molecule has 0 aliphatic carbocycles. The standard InChI is InChI=1S/C23H30N4O3/c28-20(16-27-12-8-17-3-1-2-4-19(17)15-27)14-26-23(29)18-5-11-25-22(13-18)30-21-6-9-24-10-7-21/h1-5,11,13,20-21,24,28H,6-10,12,14-16H2,(H,26,29)/t20-/m0/s1. The average Bonchev–Trinajstić information content (AvgIpc) is 2.78. The van der Waals surface area contributed by atoms with Crippen molar-refractivity contribution in [1.29, 1.82) is 0 Å². The van der Waals surface area contributed by atoms with Crippen LogP contribution >= 0.6 is 0 Å². The number of hydrogen-bond acceptors (Lipinski definition) is 6. The van der Waals surface area contributed by atoms with E-state index < -0.39 is 6.10 Å². The Balaban J connectivity index is 1.24. The summed E-state index contributed by atoms with van der Waals surface area (Å²) in [7, 11) is 0. The third-order valence-corrected chi connectivity index (χ3v) is 5.75. The molecule has 2 aliphatic heterocycles. The van der Waals surface area contributed by atoms with Gasteiger partial charge < -0.3 is 20.5 Å². The number of hydrogen-bond donors (Lipinski definition) is 3. The molecular formula is C23H30N4O3. The minimum atomic E-state index is -0.619. The number of nitrogens with zero attached hydrogens (tertiary/aromatic N) is 2. The smallest absolute Gasteiger partial charge is 0.251 e. The van der Waals surface area contributed by atoms with E-state index in [1.807, 2.05) is 0 Å². The summed E-state index contributed by atoms with van der Waals surface area (Å²) >= 11 is 0. The van der Waals surface area contributed by atoms with Crippen molar-refractivity contribution in [3.63, 3.8) is 0 Å². The van der Waals surface area contributed by atoms with Gasteiger partial charge in [-0.3, -0.25) is 9.69 Å². The summed E-state index contributed by atoms with van der Waals surface area (Å²) in [4.78, 5) is 19.0. The van der Waals surface area contributed by atoms with E-state index in [4.69, 9.17) is 4.74 Å². The molecule has 0 saturated carbocycles. The molecule has 160 valence electrons. The summed E-state index contributed by atoms with van der Waals surface area (Å²) in [6.07, 6.45) is 3.97. The number of β-amino-alcohol motifs (C(OH)–C–C–N with tert-alkyl or cyclic N) is 1. The number of ether oxygens (including phenoxy) is 1. The van der Waals surface area contributed by atoms with Crippen LogP contribution in [0, 0.1) is 0 Å². The van der Waals surface area contributed by atoms with Gasteiger partial charge in [0.25, 0.3) is 5.91 Å². The maximum Gasteiger partial charge on any atom is 0.251 e. The molecule has 2 aliphatic rings. The molecule has 1 atom stereocenters. The Kier molecular flexibility index (Phi) is 6.94. The molecule has 30 heavy (non-hydrogen) atoms. The zero-order valence-corrected chi connectivity index (χ0v) is 17.2. The van der Waals surface area contributed by atoms with Crippen LogP contribution < -0.4 is 15.4 Å². The monoisotopic (exact) mass is 410 g/mol. The predicted octanol–water partition coefficient (Wildman–Crippen LogP) is 1.36. The van der Waals surface area contributed by atoms with Crippen LogP contribution in [0.15, 0.2) is 42.6 Å². The Morgan fingerprint density at radius 1 is 1.27 bits per heavy atom. The minimum absolute atomic E-state index is 0.133. The van der Waals surface area contributed by atoms with Crippen LogP contribution in [-0.4, -0.2) is 65.8 Å². The molecule has 1 aromatic carbocycles. The van der Waals surface area contributed by atoms with E-state index in [0.717, 1.165) is 45.4 Å². The molecule has 1 aromatic heterocycles. The Morgan fingerprint density at radius 2 is 2.07 bits per heavy atom. The van der Waals surface area contributed by atoms with E-state index in [0.29, 0.717) is 18.0 Å². The van der Waals surface area contributed by atoms with Gasteiger partial charge in [0.1, 0.15) is 6.10 Å². The molecule has 0 radical (unpaired) electrons. The summed E-state index contributed by atoms with van der Waals surface area (Å²) in [5, 5.41) is 16.5. The van der Waals surface area contributed by atoms with Gasteiger partial charge in [-0.25, -0.2) is 4.98 Å². The number of aliphatic hydroxyl groups excluding tert-OH is 1. The van der Waals surface area contributed by atoms with Crippen molar-refractivity contribution in [1.82, 2.24) is 20.5 Å². The number of aromatic nitrogens is 1. The molecular weight excluding hydrogens is 380 g/mol. The first-order valence-corrected chi connectivity index (χ1v) is 10.8. The van der Waals surface area contributed by atoms with Crippen LogP contribution in [0.25, 0.3) is 0 Å². The van der Waals surface area contributed by atoms with Crippen LogP contribution in [-0.2, 0) is 13.0 Å². The second kappa shape index (κ2) is 10.0. The number of amides is 1. The van der Waals surface area contributed by atoms with Crippen LogP contribution in [0.2, 0.25) is 0 Å². The van der Waals surface area contributed by atoms with Crippen LogP contribution in [0.4, 0.5) is 0 Å². The Bertz CT molecular complexity index is 854. The number of pyridine rings is 1. The number of nitrogens with one attached hydrogen (secondary N) is 2. The highest BCUT2D eigenvalue weighted by molar-refractivity contribution is 5.94. The fourth-order valence-corrected chi connectivity index (χ4v) is 4.08. The number of fused-ring (bicyclic) bond motifs is 1. The van der Waals surface area contributed by atoms with Gasteiger partial charge in [0.05, 0.1) is 6.10 Å². The average molecular weight is 411 g/mol. The second-order valence-electron chi connectivity index (χ2n) is 8.07. The van der Waals surface area contributed by atoms with Crippen LogP contribution in [0.5, 0.6) is 5.88 Å². The van der Waals surface area contributed by atoms with E-state index >= 15 is 0 Å².